The fourth-order valence-electron chi connectivity index (χ4n) is 1.31. The van der Waals surface area contributed by atoms with Crippen LogP contribution in [0.5, 0.6) is 0 Å². The molecule has 0 fully saturated rings. The predicted molar refractivity (Wildman–Crippen MR) is 70.1 cm³/mol. The summed E-state index contributed by atoms with van der Waals surface area (Å²) in [4.78, 5) is 0.194. The second-order valence-corrected chi connectivity index (χ2v) is 6.33. The summed E-state index contributed by atoms with van der Waals surface area (Å²) in [5.74, 6) is -0.149. The normalized spacial score (nSPS) is 10.8. The average molecular weight is 268 g/mol. The van der Waals surface area contributed by atoms with Gasteiger partial charge in [0.2, 0.25) is 0 Å². The third-order valence-electron chi connectivity index (χ3n) is 2.10. The Balaban J connectivity index is 2.76. The molecule has 90 valence electrons. The van der Waals surface area contributed by atoms with E-state index in [0.717, 1.165) is 0 Å². The Kier molecular flexibility index (Phi) is 4.61. The lowest BCUT2D eigenvalue weighted by molar-refractivity contribution is 0.595. The first-order valence-corrected chi connectivity index (χ1v) is 7.14. The highest BCUT2D eigenvalue weighted by atomic mass is 32.2. The summed E-state index contributed by atoms with van der Waals surface area (Å²) in [5.41, 5.74) is 6.32. The topological polar surface area (TPSA) is 84.0 Å². The summed E-state index contributed by atoms with van der Waals surface area (Å²) >= 11 is 4.64. The van der Waals surface area contributed by atoms with Gasteiger partial charge in [-0.3, -0.25) is 0 Å². The summed E-state index contributed by atoms with van der Waals surface area (Å²) in [6.45, 7) is 0. The molecule has 17 heavy (non-hydrogen) atoms. The van der Waals surface area contributed by atoms with Crippen LogP contribution < -0.4 is 5.73 Å². The number of benzene rings is 1. The molecular formula is C11H12N2O2S2. The fraction of sp³-hybridized carbons (Fsp3) is 0.273. The number of sulfone groups is 1. The van der Waals surface area contributed by atoms with Crippen LogP contribution in [0, 0.1) is 11.3 Å². The van der Waals surface area contributed by atoms with Gasteiger partial charge in [0, 0.05) is 6.42 Å². The maximum Gasteiger partial charge on any atom is 0.154 e. The Labute approximate surface area is 106 Å². The van der Waals surface area contributed by atoms with E-state index in [9.17, 15) is 8.42 Å². The quantitative estimate of drug-likeness (QED) is 0.810. The van der Waals surface area contributed by atoms with E-state index < -0.39 is 9.84 Å². The number of nitrogens with two attached hydrogens (primary N) is 1. The standard InChI is InChI=1S/C11H12N2O2S2/c12-7-9-2-1-3-10(6-9)8-17(14,15)5-4-11(13)16/h1-3,6H,4-5,8H2,(H2,13,16). The molecular weight excluding hydrogens is 256 g/mol. The van der Waals surface area contributed by atoms with Crippen molar-refractivity contribution in [3.8, 4) is 6.07 Å². The maximum absolute atomic E-state index is 11.7. The summed E-state index contributed by atoms with van der Waals surface area (Å²) in [5, 5.41) is 8.70. The molecule has 0 spiro atoms. The molecule has 4 nitrogen and oxygen atoms in total. The SMILES string of the molecule is N#Cc1cccc(CS(=O)(=O)CCC(N)=S)c1. The largest absolute Gasteiger partial charge is 0.393 e. The summed E-state index contributed by atoms with van der Waals surface area (Å²) in [6, 6.07) is 8.51. The summed E-state index contributed by atoms with van der Waals surface area (Å²) in [6.07, 6.45) is 0.190. The van der Waals surface area contributed by atoms with E-state index >= 15 is 0 Å². The Hall–Kier alpha value is -1.45. The minimum absolute atomic E-state index is 0.0564. The van der Waals surface area contributed by atoms with Crippen LogP contribution in [0.1, 0.15) is 17.5 Å². The van der Waals surface area contributed by atoms with E-state index in [1.165, 1.54) is 0 Å². The highest BCUT2D eigenvalue weighted by Gasteiger charge is 2.12. The van der Waals surface area contributed by atoms with Gasteiger partial charge in [0.05, 0.1) is 28.1 Å². The van der Waals surface area contributed by atoms with Crippen LogP contribution in [0.3, 0.4) is 0 Å². The van der Waals surface area contributed by atoms with Crippen molar-refractivity contribution in [2.24, 2.45) is 5.73 Å². The van der Waals surface area contributed by atoms with Crippen LogP contribution in [0.4, 0.5) is 0 Å². The number of hydrogen-bond acceptors (Lipinski definition) is 4. The number of nitrogens with zero attached hydrogens (tertiary/aromatic N) is 1. The highest BCUT2D eigenvalue weighted by molar-refractivity contribution is 7.90. The summed E-state index contributed by atoms with van der Waals surface area (Å²) < 4.78 is 23.4. The molecule has 0 bridgehead atoms. The molecule has 0 saturated heterocycles. The Morgan fingerprint density at radius 2 is 2.18 bits per heavy atom. The van der Waals surface area contributed by atoms with E-state index in [2.05, 4.69) is 12.2 Å². The van der Waals surface area contributed by atoms with Gasteiger partial charge in [-0.1, -0.05) is 24.4 Å². The van der Waals surface area contributed by atoms with Crippen LogP contribution >= 0.6 is 12.2 Å². The number of rotatable bonds is 5. The number of hydrogen-bond donors (Lipinski definition) is 1. The van der Waals surface area contributed by atoms with Gasteiger partial charge >= 0.3 is 0 Å². The second-order valence-electron chi connectivity index (χ2n) is 3.62. The van der Waals surface area contributed by atoms with Crippen molar-refractivity contribution in [1.29, 1.82) is 5.26 Å². The van der Waals surface area contributed by atoms with E-state index in [4.69, 9.17) is 11.0 Å². The molecule has 0 saturated carbocycles. The second kappa shape index (κ2) is 5.75. The maximum atomic E-state index is 11.7. The molecule has 0 amide bonds. The van der Waals surface area contributed by atoms with E-state index in [0.29, 0.717) is 11.1 Å². The van der Waals surface area contributed by atoms with Gasteiger partial charge in [0.1, 0.15) is 0 Å². The molecule has 1 aromatic rings. The minimum Gasteiger partial charge on any atom is -0.393 e. The molecule has 0 aromatic heterocycles. The lowest BCUT2D eigenvalue weighted by Crippen LogP contribution is -2.16. The Morgan fingerprint density at radius 1 is 1.47 bits per heavy atom. The average Bonchev–Trinajstić information content (AvgIpc) is 2.26. The van der Waals surface area contributed by atoms with Crippen molar-refractivity contribution in [3.63, 3.8) is 0 Å². The van der Waals surface area contributed by atoms with Crippen molar-refractivity contribution in [2.75, 3.05) is 5.75 Å². The fourth-order valence-corrected chi connectivity index (χ4v) is 2.91. The first-order valence-electron chi connectivity index (χ1n) is 4.91. The first kappa shape index (κ1) is 13.6. The highest BCUT2D eigenvalue weighted by Crippen LogP contribution is 2.10. The van der Waals surface area contributed by atoms with Crippen molar-refractivity contribution in [2.45, 2.75) is 12.2 Å². The van der Waals surface area contributed by atoms with E-state index in [-0.39, 0.29) is 22.9 Å². The lowest BCUT2D eigenvalue weighted by atomic mass is 10.2. The minimum atomic E-state index is -3.23. The van der Waals surface area contributed by atoms with Gasteiger partial charge in [0.15, 0.2) is 9.84 Å². The van der Waals surface area contributed by atoms with Crippen LogP contribution in [-0.2, 0) is 15.6 Å². The van der Waals surface area contributed by atoms with Crippen molar-refractivity contribution >= 4 is 27.0 Å². The third-order valence-corrected chi connectivity index (χ3v) is 3.91. The van der Waals surface area contributed by atoms with Crippen molar-refractivity contribution in [1.82, 2.24) is 0 Å². The molecule has 0 aliphatic carbocycles. The monoisotopic (exact) mass is 268 g/mol. The molecule has 2 N–H and O–H groups in total. The molecule has 0 heterocycles. The Morgan fingerprint density at radius 3 is 2.76 bits per heavy atom. The zero-order valence-corrected chi connectivity index (χ0v) is 10.7. The van der Waals surface area contributed by atoms with Crippen molar-refractivity contribution < 1.29 is 8.42 Å². The molecule has 6 heteroatoms. The van der Waals surface area contributed by atoms with Gasteiger partial charge < -0.3 is 5.73 Å². The molecule has 1 rings (SSSR count). The Bertz CT molecular complexity index is 559. The van der Waals surface area contributed by atoms with Crippen LogP contribution in [-0.4, -0.2) is 19.2 Å². The molecule has 0 unspecified atom stereocenters. The van der Waals surface area contributed by atoms with Gasteiger partial charge in [-0.2, -0.15) is 5.26 Å². The number of nitriles is 1. The lowest BCUT2D eigenvalue weighted by Gasteiger charge is -2.04. The van der Waals surface area contributed by atoms with Gasteiger partial charge in [-0.15, -0.1) is 0 Å². The predicted octanol–water partition coefficient (Wildman–Crippen LogP) is 1.15. The third kappa shape index (κ3) is 4.93. The number of thiocarbonyl (C=S) groups is 1. The molecule has 0 aliphatic heterocycles. The molecule has 0 atom stereocenters. The van der Waals surface area contributed by atoms with E-state index in [1.54, 1.807) is 24.3 Å². The zero-order valence-electron chi connectivity index (χ0n) is 9.09. The van der Waals surface area contributed by atoms with Gasteiger partial charge in [-0.25, -0.2) is 8.42 Å². The smallest absolute Gasteiger partial charge is 0.154 e. The van der Waals surface area contributed by atoms with Crippen LogP contribution in [0.25, 0.3) is 0 Å². The van der Waals surface area contributed by atoms with Crippen molar-refractivity contribution in [3.05, 3.63) is 35.4 Å². The molecule has 0 radical (unpaired) electrons. The van der Waals surface area contributed by atoms with Gasteiger partial charge in [0.25, 0.3) is 0 Å². The molecule has 0 aliphatic rings. The van der Waals surface area contributed by atoms with Gasteiger partial charge in [-0.05, 0) is 17.7 Å². The van der Waals surface area contributed by atoms with E-state index in [1.807, 2.05) is 6.07 Å². The van der Waals surface area contributed by atoms with Crippen LogP contribution in [0.2, 0.25) is 0 Å². The zero-order chi connectivity index (χ0) is 12.9. The molecule has 1 aromatic carbocycles. The summed E-state index contributed by atoms with van der Waals surface area (Å²) in [7, 11) is -3.23. The first-order chi connectivity index (χ1) is 7.93. The van der Waals surface area contributed by atoms with Crippen LogP contribution in [0.15, 0.2) is 24.3 Å².